The molecule has 0 spiro atoms. The molecule has 1 aliphatic heterocycles. The first-order chi connectivity index (χ1) is 11.8. The van der Waals surface area contributed by atoms with Gasteiger partial charge in [-0.25, -0.2) is 0 Å². The second-order valence-electron chi connectivity index (χ2n) is 8.26. The fourth-order valence-corrected chi connectivity index (χ4v) is 5.17. The van der Waals surface area contributed by atoms with Crippen LogP contribution in [0, 0.1) is 29.2 Å². The van der Waals surface area contributed by atoms with Crippen LogP contribution in [0.4, 0.5) is 0 Å². The van der Waals surface area contributed by atoms with Gasteiger partial charge in [0.2, 0.25) is 5.91 Å². The van der Waals surface area contributed by atoms with Crippen molar-refractivity contribution in [1.82, 2.24) is 10.2 Å². The monoisotopic (exact) mass is 331 g/mol. The molecule has 2 aliphatic carbocycles. The molecule has 0 aromatic rings. The van der Waals surface area contributed by atoms with Crippen molar-refractivity contribution < 1.29 is 4.79 Å². The van der Waals surface area contributed by atoms with Crippen molar-refractivity contribution in [2.45, 2.75) is 83.1 Å². The van der Waals surface area contributed by atoms with Crippen LogP contribution in [0.15, 0.2) is 0 Å². The molecule has 1 saturated heterocycles. The number of nitrogens with zero attached hydrogens (tertiary/aromatic N) is 2. The zero-order valence-electron chi connectivity index (χ0n) is 15.0. The molecule has 134 valence electrons. The molecule has 0 bridgehead atoms. The number of carbonyl (C=O) groups excluding carboxylic acids is 1. The molecule has 4 nitrogen and oxygen atoms in total. The van der Waals surface area contributed by atoms with E-state index in [2.05, 4.69) is 11.5 Å². The van der Waals surface area contributed by atoms with Crippen molar-refractivity contribution in [3.8, 4) is 6.19 Å². The highest BCUT2D eigenvalue weighted by Crippen LogP contribution is 2.37. The number of carbonyl (C=O) groups is 1. The summed E-state index contributed by atoms with van der Waals surface area (Å²) in [5.74, 6) is 2.34. The van der Waals surface area contributed by atoms with Gasteiger partial charge >= 0.3 is 0 Å². The van der Waals surface area contributed by atoms with Crippen molar-refractivity contribution in [3.63, 3.8) is 0 Å². The smallest absolute Gasteiger partial charge is 0.223 e. The van der Waals surface area contributed by atoms with E-state index < -0.39 is 0 Å². The first-order valence-corrected chi connectivity index (χ1v) is 10.2. The molecule has 4 heteroatoms. The molecule has 0 radical (unpaired) electrons. The van der Waals surface area contributed by atoms with Crippen LogP contribution in [0.25, 0.3) is 0 Å². The summed E-state index contributed by atoms with van der Waals surface area (Å²) >= 11 is 0. The van der Waals surface area contributed by atoms with E-state index in [1.807, 2.05) is 0 Å². The molecule has 2 saturated carbocycles. The predicted octanol–water partition coefficient (Wildman–Crippen LogP) is 3.82. The summed E-state index contributed by atoms with van der Waals surface area (Å²) in [6.07, 6.45) is 17.5. The van der Waals surface area contributed by atoms with Gasteiger partial charge in [-0.05, 0) is 31.1 Å². The van der Waals surface area contributed by atoms with Crippen molar-refractivity contribution in [2.75, 3.05) is 13.1 Å². The number of amides is 1. The van der Waals surface area contributed by atoms with Crippen LogP contribution in [-0.4, -0.2) is 29.9 Å². The van der Waals surface area contributed by atoms with Crippen LogP contribution < -0.4 is 5.32 Å². The van der Waals surface area contributed by atoms with E-state index in [9.17, 15) is 4.79 Å². The van der Waals surface area contributed by atoms with E-state index in [4.69, 9.17) is 5.26 Å². The summed E-state index contributed by atoms with van der Waals surface area (Å²) in [5, 5.41) is 12.1. The predicted molar refractivity (Wildman–Crippen MR) is 95.0 cm³/mol. The van der Waals surface area contributed by atoms with Gasteiger partial charge in [-0.3, -0.25) is 4.79 Å². The van der Waals surface area contributed by atoms with Gasteiger partial charge in [-0.2, -0.15) is 5.26 Å². The maximum absolute atomic E-state index is 12.6. The lowest BCUT2D eigenvalue weighted by atomic mass is 9.73. The molecule has 3 aliphatic rings. The molecule has 0 aromatic carbocycles. The summed E-state index contributed by atoms with van der Waals surface area (Å²) in [6, 6.07) is 0.178. The fraction of sp³-hybridized carbons (Fsp3) is 0.900. The lowest BCUT2D eigenvalue weighted by Gasteiger charge is -2.33. The van der Waals surface area contributed by atoms with Gasteiger partial charge in [0.15, 0.2) is 6.19 Å². The van der Waals surface area contributed by atoms with Crippen LogP contribution in [0.2, 0.25) is 0 Å². The Morgan fingerprint density at radius 3 is 2.08 bits per heavy atom. The highest BCUT2D eigenvalue weighted by atomic mass is 16.1. The van der Waals surface area contributed by atoms with Gasteiger partial charge in [-0.1, -0.05) is 57.8 Å². The van der Waals surface area contributed by atoms with Crippen LogP contribution in [-0.2, 0) is 4.79 Å². The average Bonchev–Trinajstić information content (AvgIpc) is 3.03. The van der Waals surface area contributed by atoms with Crippen molar-refractivity contribution in [3.05, 3.63) is 0 Å². The van der Waals surface area contributed by atoms with E-state index in [0.717, 1.165) is 37.6 Å². The number of nitrogens with one attached hydrogen (secondary N) is 1. The van der Waals surface area contributed by atoms with Gasteiger partial charge in [0.25, 0.3) is 0 Å². The normalized spacial score (nSPS) is 32.6. The topological polar surface area (TPSA) is 56.1 Å². The van der Waals surface area contributed by atoms with E-state index in [1.165, 1.54) is 57.8 Å². The molecule has 1 atom stereocenters. The number of hydrogen-bond donors (Lipinski definition) is 1. The Labute approximate surface area is 147 Å². The lowest BCUT2D eigenvalue weighted by Crippen LogP contribution is -2.40. The van der Waals surface area contributed by atoms with E-state index in [0.29, 0.717) is 6.54 Å². The minimum atomic E-state index is 0.178. The zero-order chi connectivity index (χ0) is 16.8. The Hall–Kier alpha value is -1.24. The number of nitriles is 1. The van der Waals surface area contributed by atoms with Gasteiger partial charge in [0, 0.05) is 25.0 Å². The second-order valence-corrected chi connectivity index (χ2v) is 8.26. The third kappa shape index (κ3) is 4.65. The van der Waals surface area contributed by atoms with Crippen LogP contribution in [0.3, 0.4) is 0 Å². The molecule has 1 heterocycles. The third-order valence-corrected chi connectivity index (χ3v) is 6.62. The molecule has 1 amide bonds. The largest absolute Gasteiger partial charge is 0.351 e. The molecule has 3 fully saturated rings. The molecule has 24 heavy (non-hydrogen) atoms. The van der Waals surface area contributed by atoms with Gasteiger partial charge in [0.1, 0.15) is 0 Å². The number of likely N-dealkylation sites (tertiary alicyclic amines) is 1. The Balaban J connectivity index is 1.42. The highest BCUT2D eigenvalue weighted by Gasteiger charge is 2.29. The Morgan fingerprint density at radius 2 is 1.50 bits per heavy atom. The molecular weight excluding hydrogens is 298 g/mol. The molecule has 3 rings (SSSR count). The van der Waals surface area contributed by atoms with Crippen LogP contribution >= 0.6 is 0 Å². The molecule has 0 aromatic heterocycles. The highest BCUT2D eigenvalue weighted by molar-refractivity contribution is 5.79. The van der Waals surface area contributed by atoms with Crippen molar-refractivity contribution in [2.24, 2.45) is 17.8 Å². The standard InChI is InChI=1S/C20H33N3O/c21-15-23-13-12-19(14-23)22-20(24)18-10-4-8-17(9-5-11-18)16-6-2-1-3-7-16/h16-19H,1-14H2,(H,22,24). The molecule has 1 N–H and O–H groups in total. The average molecular weight is 332 g/mol. The lowest BCUT2D eigenvalue weighted by molar-refractivity contribution is -0.126. The van der Waals surface area contributed by atoms with E-state index in [1.54, 1.807) is 4.90 Å². The minimum absolute atomic E-state index is 0.178. The second kappa shape index (κ2) is 8.74. The Morgan fingerprint density at radius 1 is 0.875 bits per heavy atom. The molecular formula is C20H33N3O. The fourth-order valence-electron chi connectivity index (χ4n) is 5.17. The van der Waals surface area contributed by atoms with Crippen molar-refractivity contribution in [1.29, 1.82) is 5.26 Å². The maximum atomic E-state index is 12.6. The zero-order valence-corrected chi connectivity index (χ0v) is 15.0. The Bertz CT molecular complexity index is 442. The Kier molecular flexibility index (Phi) is 6.40. The van der Waals surface area contributed by atoms with Crippen LogP contribution in [0.1, 0.15) is 77.0 Å². The number of rotatable bonds is 3. The van der Waals surface area contributed by atoms with E-state index >= 15 is 0 Å². The van der Waals surface area contributed by atoms with Gasteiger partial charge < -0.3 is 10.2 Å². The quantitative estimate of drug-likeness (QED) is 0.800. The van der Waals surface area contributed by atoms with Gasteiger partial charge in [-0.15, -0.1) is 0 Å². The third-order valence-electron chi connectivity index (χ3n) is 6.62. The summed E-state index contributed by atoms with van der Waals surface area (Å²) in [7, 11) is 0. The summed E-state index contributed by atoms with van der Waals surface area (Å²) in [6.45, 7) is 1.48. The van der Waals surface area contributed by atoms with Gasteiger partial charge in [0.05, 0.1) is 0 Å². The SMILES string of the molecule is N#CN1CCC(NC(=O)C2CCCC(C3CCCCC3)CCC2)C1. The van der Waals surface area contributed by atoms with E-state index in [-0.39, 0.29) is 17.9 Å². The minimum Gasteiger partial charge on any atom is -0.351 e. The van der Waals surface area contributed by atoms with Crippen LogP contribution in [0.5, 0.6) is 0 Å². The number of hydrogen-bond acceptors (Lipinski definition) is 3. The summed E-state index contributed by atoms with van der Waals surface area (Å²) in [5.41, 5.74) is 0. The summed E-state index contributed by atoms with van der Waals surface area (Å²) in [4.78, 5) is 14.3. The first-order valence-electron chi connectivity index (χ1n) is 10.2. The molecule has 1 unspecified atom stereocenters. The summed E-state index contributed by atoms with van der Waals surface area (Å²) < 4.78 is 0. The first kappa shape index (κ1) is 17.6. The van der Waals surface area contributed by atoms with Crippen molar-refractivity contribution >= 4 is 5.91 Å². The maximum Gasteiger partial charge on any atom is 0.223 e.